The van der Waals surface area contributed by atoms with E-state index >= 15 is 0 Å². The van der Waals surface area contributed by atoms with Gasteiger partial charge in [-0.25, -0.2) is 0 Å². The molecule has 2 nitrogen and oxygen atoms in total. The van der Waals surface area contributed by atoms with Gasteiger partial charge in [-0.2, -0.15) is 0 Å². The number of nitrogens with two attached hydrogens (primary N) is 1. The summed E-state index contributed by atoms with van der Waals surface area (Å²) in [5.41, 5.74) is 8.07. The van der Waals surface area contributed by atoms with Crippen molar-refractivity contribution in [1.29, 1.82) is 0 Å². The number of hydrogen-bond donors (Lipinski definition) is 1. The van der Waals surface area contributed by atoms with E-state index in [1.54, 1.807) is 11.8 Å². The normalized spacial score (nSPS) is 10.5. The SMILES string of the molecule is CSc1cccc(Oc2ccc(C)cc2Br)c1CN. The number of aryl methyl sites for hydroxylation is 1. The highest BCUT2D eigenvalue weighted by molar-refractivity contribution is 9.10. The fraction of sp³-hybridized carbons (Fsp3) is 0.200. The molecule has 0 aliphatic rings. The highest BCUT2D eigenvalue weighted by atomic mass is 79.9. The van der Waals surface area contributed by atoms with E-state index in [-0.39, 0.29) is 0 Å². The Hall–Kier alpha value is -0.970. The molecule has 2 rings (SSSR count). The summed E-state index contributed by atoms with van der Waals surface area (Å²) in [6.07, 6.45) is 2.04. The van der Waals surface area contributed by atoms with Gasteiger partial charge in [0, 0.05) is 17.0 Å². The van der Waals surface area contributed by atoms with Crippen LogP contribution in [0.4, 0.5) is 0 Å². The first-order valence-electron chi connectivity index (χ1n) is 5.95. The summed E-state index contributed by atoms with van der Waals surface area (Å²) < 4.78 is 6.94. The summed E-state index contributed by atoms with van der Waals surface area (Å²) in [6, 6.07) is 12.0. The number of benzene rings is 2. The second-order valence-corrected chi connectivity index (χ2v) is 5.88. The van der Waals surface area contributed by atoms with E-state index in [4.69, 9.17) is 10.5 Å². The molecular weight excluding hydrogens is 322 g/mol. The van der Waals surface area contributed by atoms with Crippen LogP contribution in [-0.2, 0) is 6.54 Å². The molecular formula is C15H16BrNOS. The molecule has 0 spiro atoms. The molecule has 100 valence electrons. The van der Waals surface area contributed by atoms with Crippen LogP contribution in [0.5, 0.6) is 11.5 Å². The average Bonchev–Trinajstić information content (AvgIpc) is 2.41. The van der Waals surface area contributed by atoms with Crippen molar-refractivity contribution in [3.05, 3.63) is 52.0 Å². The Balaban J connectivity index is 2.37. The Labute approximate surface area is 126 Å². The maximum atomic E-state index is 5.99. The van der Waals surface area contributed by atoms with Crippen molar-refractivity contribution in [2.24, 2.45) is 5.73 Å². The Morgan fingerprint density at radius 2 is 2.00 bits per heavy atom. The van der Waals surface area contributed by atoms with Crippen LogP contribution in [0, 0.1) is 6.92 Å². The van der Waals surface area contributed by atoms with Gasteiger partial charge in [-0.05, 0) is 58.9 Å². The van der Waals surface area contributed by atoms with Gasteiger partial charge in [0.05, 0.1) is 4.47 Å². The van der Waals surface area contributed by atoms with Crippen molar-refractivity contribution in [3.8, 4) is 11.5 Å². The zero-order chi connectivity index (χ0) is 13.8. The Kier molecular flexibility index (Phi) is 4.91. The van der Waals surface area contributed by atoms with Crippen LogP contribution in [0.3, 0.4) is 0 Å². The number of halogens is 1. The fourth-order valence-electron chi connectivity index (χ4n) is 1.84. The van der Waals surface area contributed by atoms with Gasteiger partial charge >= 0.3 is 0 Å². The van der Waals surface area contributed by atoms with Gasteiger partial charge < -0.3 is 10.5 Å². The van der Waals surface area contributed by atoms with Gasteiger partial charge in [0.25, 0.3) is 0 Å². The van der Waals surface area contributed by atoms with Crippen LogP contribution in [0.15, 0.2) is 45.8 Å². The topological polar surface area (TPSA) is 35.2 Å². The summed E-state index contributed by atoms with van der Waals surface area (Å²) in [5.74, 6) is 1.62. The molecule has 2 aromatic carbocycles. The van der Waals surface area contributed by atoms with Crippen molar-refractivity contribution in [2.45, 2.75) is 18.4 Å². The number of ether oxygens (including phenoxy) is 1. The maximum absolute atomic E-state index is 5.99. The summed E-state index contributed by atoms with van der Waals surface area (Å²) in [7, 11) is 0. The van der Waals surface area contributed by atoms with Crippen LogP contribution in [0.1, 0.15) is 11.1 Å². The zero-order valence-electron chi connectivity index (χ0n) is 10.9. The quantitative estimate of drug-likeness (QED) is 0.819. The van der Waals surface area contributed by atoms with Crippen molar-refractivity contribution in [1.82, 2.24) is 0 Å². The molecule has 0 aliphatic heterocycles. The predicted octanol–water partition coefficient (Wildman–Crippen LogP) is 4.73. The first kappa shape index (κ1) is 14.4. The van der Waals surface area contributed by atoms with Crippen LogP contribution in [-0.4, -0.2) is 6.26 Å². The standard InChI is InChI=1S/C15H16BrNOS/c1-10-6-7-14(12(16)8-10)18-13-4-3-5-15(19-2)11(13)9-17/h3-8H,9,17H2,1-2H3. The lowest BCUT2D eigenvalue weighted by Gasteiger charge is -2.14. The molecule has 0 amide bonds. The maximum Gasteiger partial charge on any atom is 0.141 e. The molecule has 19 heavy (non-hydrogen) atoms. The minimum Gasteiger partial charge on any atom is -0.456 e. The van der Waals surface area contributed by atoms with Crippen molar-refractivity contribution >= 4 is 27.7 Å². The number of hydrogen-bond acceptors (Lipinski definition) is 3. The second-order valence-electron chi connectivity index (χ2n) is 4.18. The van der Waals surface area contributed by atoms with E-state index in [9.17, 15) is 0 Å². The molecule has 0 saturated carbocycles. The van der Waals surface area contributed by atoms with Crippen molar-refractivity contribution < 1.29 is 4.74 Å². The van der Waals surface area contributed by atoms with Gasteiger partial charge in [0.2, 0.25) is 0 Å². The monoisotopic (exact) mass is 337 g/mol. The van der Waals surface area contributed by atoms with Gasteiger partial charge in [0.1, 0.15) is 11.5 Å². The average molecular weight is 338 g/mol. The summed E-state index contributed by atoms with van der Waals surface area (Å²) in [6.45, 7) is 2.52. The lowest BCUT2D eigenvalue weighted by molar-refractivity contribution is 0.471. The molecule has 4 heteroatoms. The lowest BCUT2D eigenvalue weighted by Crippen LogP contribution is -2.01. The molecule has 0 saturated heterocycles. The highest BCUT2D eigenvalue weighted by Crippen LogP contribution is 2.35. The molecule has 0 aliphatic carbocycles. The minimum absolute atomic E-state index is 0.468. The molecule has 2 N–H and O–H groups in total. The van der Waals surface area contributed by atoms with E-state index in [1.807, 2.05) is 43.5 Å². The van der Waals surface area contributed by atoms with Crippen molar-refractivity contribution in [3.63, 3.8) is 0 Å². The zero-order valence-corrected chi connectivity index (χ0v) is 13.3. The summed E-state index contributed by atoms with van der Waals surface area (Å²) in [4.78, 5) is 1.16. The molecule has 0 unspecified atom stereocenters. The number of thioether (sulfide) groups is 1. The van der Waals surface area contributed by atoms with Gasteiger partial charge in [0.15, 0.2) is 0 Å². The molecule has 0 aromatic heterocycles. The molecule has 0 bridgehead atoms. The third-order valence-electron chi connectivity index (χ3n) is 2.82. The van der Waals surface area contributed by atoms with Gasteiger partial charge in [-0.1, -0.05) is 12.1 Å². The third-order valence-corrected chi connectivity index (χ3v) is 4.26. The third kappa shape index (κ3) is 3.32. The second kappa shape index (κ2) is 6.46. The van der Waals surface area contributed by atoms with Crippen LogP contribution >= 0.6 is 27.7 Å². The van der Waals surface area contributed by atoms with E-state index < -0.39 is 0 Å². The van der Waals surface area contributed by atoms with Gasteiger partial charge in [-0.15, -0.1) is 11.8 Å². The Morgan fingerprint density at radius 1 is 1.21 bits per heavy atom. The Morgan fingerprint density at radius 3 is 2.63 bits per heavy atom. The largest absolute Gasteiger partial charge is 0.456 e. The van der Waals surface area contributed by atoms with Gasteiger partial charge in [-0.3, -0.25) is 0 Å². The first-order valence-corrected chi connectivity index (χ1v) is 7.97. The highest BCUT2D eigenvalue weighted by Gasteiger charge is 2.10. The van der Waals surface area contributed by atoms with Crippen LogP contribution in [0.2, 0.25) is 0 Å². The fourth-order valence-corrected chi connectivity index (χ4v) is 3.06. The summed E-state index contributed by atoms with van der Waals surface area (Å²) >= 11 is 5.20. The van der Waals surface area contributed by atoms with E-state index in [0.717, 1.165) is 26.4 Å². The smallest absolute Gasteiger partial charge is 0.141 e. The minimum atomic E-state index is 0.468. The van der Waals surface area contributed by atoms with Crippen molar-refractivity contribution in [2.75, 3.05) is 6.26 Å². The van der Waals surface area contributed by atoms with E-state index in [0.29, 0.717) is 6.54 Å². The lowest BCUT2D eigenvalue weighted by atomic mass is 10.2. The predicted molar refractivity (Wildman–Crippen MR) is 85.1 cm³/mol. The first-order chi connectivity index (χ1) is 9.15. The Bertz CT molecular complexity index is 586. The van der Waals surface area contributed by atoms with E-state index in [1.165, 1.54) is 5.56 Å². The molecule has 2 aromatic rings. The van der Waals surface area contributed by atoms with E-state index in [2.05, 4.69) is 22.0 Å². The summed E-state index contributed by atoms with van der Waals surface area (Å²) in [5, 5.41) is 0. The molecule has 0 heterocycles. The van der Waals surface area contributed by atoms with Crippen LogP contribution < -0.4 is 10.5 Å². The molecule has 0 fully saturated rings. The van der Waals surface area contributed by atoms with Crippen LogP contribution in [0.25, 0.3) is 0 Å². The molecule has 0 atom stereocenters. The number of rotatable bonds is 4. The molecule has 0 radical (unpaired) electrons.